The third kappa shape index (κ3) is 3.71. The van der Waals surface area contributed by atoms with Gasteiger partial charge in [0.2, 0.25) is 5.75 Å². The van der Waals surface area contributed by atoms with Crippen LogP contribution in [0.4, 0.5) is 0 Å². The monoisotopic (exact) mass is 304 g/mol. The third-order valence-electron chi connectivity index (χ3n) is 3.32. The highest BCUT2D eigenvalue weighted by Gasteiger charge is 2.10. The second-order valence-electron chi connectivity index (χ2n) is 5.05. The standard InChI is InChI=1S/C20H16O3/c21-18-13-16(12-11-15-7-3-1-4-8-15)14-19(20(18)22)23-17-9-5-2-6-10-17/h1-14,21-22H/b12-11+. The second kappa shape index (κ2) is 6.71. The van der Waals surface area contributed by atoms with E-state index in [-0.39, 0.29) is 17.2 Å². The summed E-state index contributed by atoms with van der Waals surface area (Å²) >= 11 is 0. The predicted molar refractivity (Wildman–Crippen MR) is 91.7 cm³/mol. The molecule has 3 heteroatoms. The summed E-state index contributed by atoms with van der Waals surface area (Å²) in [6.45, 7) is 0. The Morgan fingerprint density at radius 3 is 2.00 bits per heavy atom. The summed E-state index contributed by atoms with van der Waals surface area (Å²) in [4.78, 5) is 0. The van der Waals surface area contributed by atoms with Crippen molar-refractivity contribution in [2.45, 2.75) is 0 Å². The summed E-state index contributed by atoms with van der Waals surface area (Å²) in [5.41, 5.74) is 1.78. The van der Waals surface area contributed by atoms with E-state index in [1.807, 2.05) is 60.7 Å². The second-order valence-corrected chi connectivity index (χ2v) is 5.05. The molecule has 3 aromatic carbocycles. The number of benzene rings is 3. The molecule has 0 fully saturated rings. The van der Waals surface area contributed by atoms with E-state index in [1.54, 1.807) is 18.2 Å². The minimum absolute atomic E-state index is 0.212. The molecular formula is C20H16O3. The van der Waals surface area contributed by atoms with Crippen molar-refractivity contribution in [1.82, 2.24) is 0 Å². The zero-order chi connectivity index (χ0) is 16.1. The van der Waals surface area contributed by atoms with E-state index >= 15 is 0 Å². The molecule has 0 amide bonds. The molecule has 0 saturated carbocycles. The number of phenols is 2. The Bertz CT molecular complexity index is 809. The highest BCUT2D eigenvalue weighted by molar-refractivity contribution is 5.72. The van der Waals surface area contributed by atoms with E-state index < -0.39 is 0 Å². The van der Waals surface area contributed by atoms with Gasteiger partial charge < -0.3 is 14.9 Å². The molecule has 0 atom stereocenters. The van der Waals surface area contributed by atoms with Crippen LogP contribution < -0.4 is 4.74 Å². The Hall–Kier alpha value is -3.20. The van der Waals surface area contributed by atoms with Crippen molar-refractivity contribution in [3.05, 3.63) is 83.9 Å². The van der Waals surface area contributed by atoms with Gasteiger partial charge in [-0.1, -0.05) is 60.7 Å². The molecule has 2 N–H and O–H groups in total. The molecule has 0 aromatic heterocycles. The molecule has 3 aromatic rings. The smallest absolute Gasteiger partial charge is 0.201 e. The number of hydrogen-bond acceptors (Lipinski definition) is 3. The van der Waals surface area contributed by atoms with Crippen LogP contribution in [0, 0.1) is 0 Å². The van der Waals surface area contributed by atoms with Crippen LogP contribution in [0.1, 0.15) is 11.1 Å². The summed E-state index contributed by atoms with van der Waals surface area (Å²) in [6.07, 6.45) is 3.78. The fourth-order valence-electron chi connectivity index (χ4n) is 2.16. The first kappa shape index (κ1) is 14.7. The van der Waals surface area contributed by atoms with Crippen molar-refractivity contribution >= 4 is 12.2 Å². The van der Waals surface area contributed by atoms with Crippen LogP contribution in [0.3, 0.4) is 0 Å². The van der Waals surface area contributed by atoms with E-state index in [2.05, 4.69) is 0 Å². The van der Waals surface area contributed by atoms with Gasteiger partial charge >= 0.3 is 0 Å². The van der Waals surface area contributed by atoms with Crippen molar-refractivity contribution in [2.75, 3.05) is 0 Å². The summed E-state index contributed by atoms with van der Waals surface area (Å²) in [5.74, 6) is 0.312. The van der Waals surface area contributed by atoms with Crippen LogP contribution in [0.15, 0.2) is 72.8 Å². The van der Waals surface area contributed by atoms with Gasteiger partial charge in [0, 0.05) is 0 Å². The minimum Gasteiger partial charge on any atom is -0.504 e. The lowest BCUT2D eigenvalue weighted by Gasteiger charge is -2.10. The summed E-state index contributed by atoms with van der Waals surface area (Å²) < 4.78 is 5.64. The van der Waals surface area contributed by atoms with Gasteiger partial charge in [-0.2, -0.15) is 0 Å². The van der Waals surface area contributed by atoms with Crippen LogP contribution >= 0.6 is 0 Å². The number of para-hydroxylation sites is 1. The van der Waals surface area contributed by atoms with Crippen molar-refractivity contribution < 1.29 is 14.9 Å². The first-order chi connectivity index (χ1) is 11.2. The summed E-state index contributed by atoms with van der Waals surface area (Å²) in [7, 11) is 0. The zero-order valence-corrected chi connectivity index (χ0v) is 12.4. The first-order valence-corrected chi connectivity index (χ1v) is 7.24. The molecule has 0 aliphatic heterocycles. The maximum atomic E-state index is 9.97. The van der Waals surface area contributed by atoms with E-state index in [4.69, 9.17) is 4.74 Å². The van der Waals surface area contributed by atoms with Crippen molar-refractivity contribution in [3.63, 3.8) is 0 Å². The lowest BCUT2D eigenvalue weighted by molar-refractivity contribution is 0.372. The highest BCUT2D eigenvalue weighted by atomic mass is 16.5. The van der Waals surface area contributed by atoms with Crippen LogP contribution in [0.5, 0.6) is 23.0 Å². The average Bonchev–Trinajstić information content (AvgIpc) is 2.59. The van der Waals surface area contributed by atoms with Crippen LogP contribution in [-0.2, 0) is 0 Å². The largest absolute Gasteiger partial charge is 0.504 e. The van der Waals surface area contributed by atoms with Crippen LogP contribution in [-0.4, -0.2) is 10.2 Å². The molecule has 0 unspecified atom stereocenters. The Balaban J connectivity index is 1.89. The Morgan fingerprint density at radius 2 is 1.30 bits per heavy atom. The van der Waals surface area contributed by atoms with Gasteiger partial charge in [0.1, 0.15) is 5.75 Å². The van der Waals surface area contributed by atoms with Gasteiger partial charge in [0.15, 0.2) is 11.5 Å². The number of ether oxygens (including phenoxy) is 1. The quantitative estimate of drug-likeness (QED) is 0.523. The van der Waals surface area contributed by atoms with Crippen molar-refractivity contribution in [1.29, 1.82) is 0 Å². The SMILES string of the molecule is Oc1cc(/C=C/c2ccccc2)cc(Oc2ccccc2)c1O. The molecule has 3 rings (SSSR count). The van der Waals surface area contributed by atoms with Crippen molar-refractivity contribution in [3.8, 4) is 23.0 Å². The molecule has 23 heavy (non-hydrogen) atoms. The third-order valence-corrected chi connectivity index (χ3v) is 3.32. The number of phenolic OH excluding ortho intramolecular Hbond substituents is 2. The predicted octanol–water partition coefficient (Wildman–Crippen LogP) is 5.06. The molecule has 3 nitrogen and oxygen atoms in total. The summed E-state index contributed by atoms with van der Waals surface area (Å²) in [6, 6.07) is 22.1. The topological polar surface area (TPSA) is 49.7 Å². The molecule has 0 spiro atoms. The Kier molecular flexibility index (Phi) is 4.29. The molecule has 0 bridgehead atoms. The van der Waals surface area contributed by atoms with Gasteiger partial charge in [-0.3, -0.25) is 0 Å². The number of aromatic hydroxyl groups is 2. The number of hydrogen-bond donors (Lipinski definition) is 2. The lowest BCUT2D eigenvalue weighted by Crippen LogP contribution is -1.86. The van der Waals surface area contributed by atoms with Gasteiger partial charge in [-0.15, -0.1) is 0 Å². The molecule has 0 saturated heterocycles. The molecule has 0 aliphatic carbocycles. The molecule has 114 valence electrons. The summed E-state index contributed by atoms with van der Waals surface area (Å²) in [5, 5.41) is 19.9. The minimum atomic E-state index is -0.272. The van der Waals surface area contributed by atoms with Crippen LogP contribution in [0.2, 0.25) is 0 Å². The normalized spacial score (nSPS) is 10.8. The fraction of sp³-hybridized carbons (Fsp3) is 0. The van der Waals surface area contributed by atoms with Gasteiger partial charge in [0.05, 0.1) is 0 Å². The maximum absolute atomic E-state index is 9.97. The van der Waals surface area contributed by atoms with E-state index in [9.17, 15) is 10.2 Å². The van der Waals surface area contributed by atoms with Crippen LogP contribution in [0.25, 0.3) is 12.2 Å². The zero-order valence-electron chi connectivity index (χ0n) is 12.4. The number of rotatable bonds is 4. The molecular weight excluding hydrogens is 288 g/mol. The molecule has 0 aliphatic rings. The Labute approximate surface area is 134 Å². The van der Waals surface area contributed by atoms with Gasteiger partial charge in [-0.05, 0) is 35.4 Å². The Morgan fingerprint density at radius 1 is 0.696 bits per heavy atom. The van der Waals surface area contributed by atoms with Gasteiger partial charge in [0.25, 0.3) is 0 Å². The fourth-order valence-corrected chi connectivity index (χ4v) is 2.16. The highest BCUT2D eigenvalue weighted by Crippen LogP contribution is 2.39. The van der Waals surface area contributed by atoms with Gasteiger partial charge in [-0.25, -0.2) is 0 Å². The lowest BCUT2D eigenvalue weighted by atomic mass is 10.1. The first-order valence-electron chi connectivity index (χ1n) is 7.24. The van der Waals surface area contributed by atoms with E-state index in [0.717, 1.165) is 11.1 Å². The molecule has 0 heterocycles. The molecule has 0 radical (unpaired) electrons. The maximum Gasteiger partial charge on any atom is 0.201 e. The average molecular weight is 304 g/mol. The van der Waals surface area contributed by atoms with Crippen molar-refractivity contribution in [2.24, 2.45) is 0 Å². The van der Waals surface area contributed by atoms with E-state index in [0.29, 0.717) is 5.75 Å². The van der Waals surface area contributed by atoms with E-state index in [1.165, 1.54) is 6.07 Å².